The van der Waals surface area contributed by atoms with Gasteiger partial charge in [0.05, 0.1) is 16.3 Å². The first-order valence-corrected chi connectivity index (χ1v) is 9.96. The van der Waals surface area contributed by atoms with E-state index in [1.165, 1.54) is 20.5 Å². The van der Waals surface area contributed by atoms with Crippen molar-refractivity contribution in [3.63, 3.8) is 0 Å². The van der Waals surface area contributed by atoms with Crippen LogP contribution in [0.25, 0.3) is 10.1 Å². The van der Waals surface area contributed by atoms with Gasteiger partial charge in [-0.15, -0.1) is 11.3 Å². The van der Waals surface area contributed by atoms with Gasteiger partial charge in [-0.25, -0.2) is 0 Å². The van der Waals surface area contributed by atoms with Crippen molar-refractivity contribution in [3.05, 3.63) is 33.7 Å². The third kappa shape index (κ3) is 4.34. The predicted molar refractivity (Wildman–Crippen MR) is 105 cm³/mol. The summed E-state index contributed by atoms with van der Waals surface area (Å²) < 4.78 is 1.19. The number of halogens is 1. The minimum Gasteiger partial charge on any atom is -0.480 e. The molecule has 1 atom stereocenters. The summed E-state index contributed by atoms with van der Waals surface area (Å²) in [6.07, 6.45) is 3.20. The molecule has 2 aromatic rings. The molecule has 1 fully saturated rings. The van der Waals surface area contributed by atoms with Crippen LogP contribution in [0.1, 0.15) is 29.7 Å². The normalized spacial score (nSPS) is 19.4. The molecular weight excluding hydrogens is 356 g/mol. The number of nitrogens with zero attached hydrogens (tertiary/aromatic N) is 2. The lowest BCUT2D eigenvalue weighted by atomic mass is 10.1. The van der Waals surface area contributed by atoms with Crippen LogP contribution < -0.4 is 0 Å². The fourth-order valence-electron chi connectivity index (χ4n) is 3.69. The average Bonchev–Trinajstić information content (AvgIpc) is 2.73. The van der Waals surface area contributed by atoms with Crippen molar-refractivity contribution in [3.8, 4) is 0 Å². The van der Waals surface area contributed by atoms with Gasteiger partial charge in [0.25, 0.3) is 0 Å². The van der Waals surface area contributed by atoms with Crippen LogP contribution in [0.2, 0.25) is 5.02 Å². The number of carboxylic acid groups (broad SMARTS) is 1. The summed E-state index contributed by atoms with van der Waals surface area (Å²) in [4.78, 5) is 16.8. The van der Waals surface area contributed by atoms with Gasteiger partial charge in [-0.2, -0.15) is 0 Å². The van der Waals surface area contributed by atoms with Gasteiger partial charge in [-0.1, -0.05) is 23.7 Å². The summed E-state index contributed by atoms with van der Waals surface area (Å²) in [6.45, 7) is 5.34. The van der Waals surface area contributed by atoms with Gasteiger partial charge in [0, 0.05) is 24.0 Å². The second kappa shape index (κ2) is 8.04. The van der Waals surface area contributed by atoms with Crippen LogP contribution in [0.5, 0.6) is 0 Å². The Hall–Kier alpha value is -1.14. The quantitative estimate of drug-likeness (QED) is 0.842. The molecule has 1 unspecified atom stereocenters. The number of carbonyl (C=O) groups is 1. The van der Waals surface area contributed by atoms with E-state index in [1.807, 2.05) is 24.1 Å². The predicted octanol–water partition coefficient (Wildman–Crippen LogP) is 4.23. The average molecular weight is 381 g/mol. The van der Waals surface area contributed by atoms with Crippen LogP contribution in [-0.4, -0.2) is 53.6 Å². The Morgan fingerprint density at radius 3 is 2.92 bits per heavy atom. The van der Waals surface area contributed by atoms with Crippen molar-refractivity contribution in [2.45, 2.75) is 38.8 Å². The third-order valence-corrected chi connectivity index (χ3v) is 6.93. The molecule has 2 heterocycles. The lowest BCUT2D eigenvalue weighted by Gasteiger charge is -2.25. The summed E-state index contributed by atoms with van der Waals surface area (Å²) in [5, 5.41) is 11.1. The van der Waals surface area contributed by atoms with Gasteiger partial charge < -0.3 is 5.11 Å². The van der Waals surface area contributed by atoms with Crippen LogP contribution in [0, 0.1) is 6.92 Å². The van der Waals surface area contributed by atoms with Crippen molar-refractivity contribution in [2.24, 2.45) is 0 Å². The van der Waals surface area contributed by atoms with Crippen LogP contribution >= 0.6 is 22.9 Å². The van der Waals surface area contributed by atoms with Gasteiger partial charge in [-0.05, 0) is 56.8 Å². The monoisotopic (exact) mass is 380 g/mol. The van der Waals surface area contributed by atoms with Gasteiger partial charge in [-0.3, -0.25) is 14.6 Å². The van der Waals surface area contributed by atoms with Crippen LogP contribution in [0.4, 0.5) is 0 Å². The smallest absolute Gasteiger partial charge is 0.317 e. The van der Waals surface area contributed by atoms with E-state index in [2.05, 4.69) is 17.9 Å². The summed E-state index contributed by atoms with van der Waals surface area (Å²) >= 11 is 8.15. The number of aryl methyl sites for hydroxylation is 1. The number of fused-ring (bicyclic) bond motifs is 1. The van der Waals surface area contributed by atoms with E-state index < -0.39 is 5.97 Å². The van der Waals surface area contributed by atoms with E-state index in [0.717, 1.165) is 43.9 Å². The maximum atomic E-state index is 10.9. The molecule has 1 aromatic heterocycles. The Morgan fingerprint density at radius 2 is 2.20 bits per heavy atom. The molecular formula is C19H25ClN2O2S. The highest BCUT2D eigenvalue weighted by Crippen LogP contribution is 2.36. The van der Waals surface area contributed by atoms with Crippen molar-refractivity contribution >= 4 is 39.0 Å². The zero-order valence-electron chi connectivity index (χ0n) is 14.8. The second-order valence-corrected chi connectivity index (χ2v) is 8.45. The zero-order valence-corrected chi connectivity index (χ0v) is 16.4. The summed E-state index contributed by atoms with van der Waals surface area (Å²) in [5.41, 5.74) is 1.34. The molecule has 4 nitrogen and oxygen atoms in total. The molecule has 1 aliphatic heterocycles. The largest absolute Gasteiger partial charge is 0.480 e. The number of likely N-dealkylation sites (tertiary alicyclic amines) is 1. The Kier molecular flexibility index (Phi) is 6.00. The molecule has 1 aromatic carbocycles. The van der Waals surface area contributed by atoms with Crippen molar-refractivity contribution < 1.29 is 9.90 Å². The van der Waals surface area contributed by atoms with E-state index in [9.17, 15) is 4.79 Å². The van der Waals surface area contributed by atoms with Gasteiger partial charge in [0.1, 0.15) is 0 Å². The molecule has 0 bridgehead atoms. The molecule has 0 saturated carbocycles. The Balaban J connectivity index is 1.67. The van der Waals surface area contributed by atoms with Crippen LogP contribution in [0.15, 0.2) is 18.2 Å². The maximum Gasteiger partial charge on any atom is 0.317 e. The molecule has 25 heavy (non-hydrogen) atoms. The maximum absolute atomic E-state index is 10.9. The van der Waals surface area contributed by atoms with Gasteiger partial charge >= 0.3 is 5.97 Å². The SMILES string of the molecule is Cc1c(CN2CCCC(N(C)CC(=O)O)CC2)sc2c(Cl)cccc12. The first-order chi connectivity index (χ1) is 12.0. The molecule has 0 spiro atoms. The van der Waals surface area contributed by atoms with E-state index >= 15 is 0 Å². The number of benzene rings is 1. The summed E-state index contributed by atoms with van der Waals surface area (Å²) in [5.74, 6) is -0.749. The summed E-state index contributed by atoms with van der Waals surface area (Å²) in [6, 6.07) is 6.48. The molecule has 6 heteroatoms. The number of hydrogen-bond donors (Lipinski definition) is 1. The molecule has 3 rings (SSSR count). The molecule has 0 radical (unpaired) electrons. The number of likely N-dealkylation sites (N-methyl/N-ethyl adjacent to an activating group) is 1. The lowest BCUT2D eigenvalue weighted by Crippen LogP contribution is -2.36. The van der Waals surface area contributed by atoms with E-state index in [0.29, 0.717) is 6.04 Å². The third-order valence-electron chi connectivity index (χ3n) is 5.18. The number of hydrogen-bond acceptors (Lipinski definition) is 4. The Bertz CT molecular complexity index is 761. The van der Waals surface area contributed by atoms with Crippen LogP contribution in [0.3, 0.4) is 0 Å². The topological polar surface area (TPSA) is 43.8 Å². The molecule has 1 aliphatic rings. The number of thiophene rings is 1. The van der Waals surface area contributed by atoms with E-state index in [4.69, 9.17) is 16.7 Å². The van der Waals surface area contributed by atoms with E-state index in [1.54, 1.807) is 11.3 Å². The van der Waals surface area contributed by atoms with Crippen molar-refractivity contribution in [1.29, 1.82) is 0 Å². The number of rotatable bonds is 5. The lowest BCUT2D eigenvalue weighted by molar-refractivity contribution is -0.138. The minimum absolute atomic E-state index is 0.124. The molecule has 0 amide bonds. The van der Waals surface area contributed by atoms with Crippen molar-refractivity contribution in [2.75, 3.05) is 26.7 Å². The minimum atomic E-state index is -0.749. The number of carboxylic acids is 1. The molecule has 1 N–H and O–H groups in total. The van der Waals surface area contributed by atoms with Gasteiger partial charge in [0.2, 0.25) is 0 Å². The highest BCUT2D eigenvalue weighted by Gasteiger charge is 2.22. The Morgan fingerprint density at radius 1 is 1.40 bits per heavy atom. The summed E-state index contributed by atoms with van der Waals surface area (Å²) in [7, 11) is 1.92. The highest BCUT2D eigenvalue weighted by molar-refractivity contribution is 7.20. The van der Waals surface area contributed by atoms with E-state index in [-0.39, 0.29) is 6.54 Å². The first kappa shape index (κ1) is 18.6. The highest BCUT2D eigenvalue weighted by atomic mass is 35.5. The number of aliphatic carboxylic acids is 1. The van der Waals surface area contributed by atoms with Crippen molar-refractivity contribution in [1.82, 2.24) is 9.80 Å². The first-order valence-electron chi connectivity index (χ1n) is 8.76. The van der Waals surface area contributed by atoms with Gasteiger partial charge in [0.15, 0.2) is 0 Å². The Labute approximate surface area is 158 Å². The molecule has 136 valence electrons. The fourth-order valence-corrected chi connectivity index (χ4v) is 5.23. The molecule has 0 aliphatic carbocycles. The second-order valence-electron chi connectivity index (χ2n) is 6.94. The van der Waals surface area contributed by atoms with Crippen LogP contribution in [-0.2, 0) is 11.3 Å². The zero-order chi connectivity index (χ0) is 18.0. The fraction of sp³-hybridized carbons (Fsp3) is 0.526. The standard InChI is InChI=1S/C19H25ClN2O2S/c1-13-15-6-3-7-16(20)19(15)25-17(13)11-22-9-4-5-14(8-10-22)21(2)12-18(23)24/h3,6-7,14H,4-5,8-12H2,1-2H3,(H,23,24). The molecule has 1 saturated heterocycles.